The molecule has 1 aromatic carbocycles. The molecular weight excluding hydrogens is 236 g/mol. The Morgan fingerprint density at radius 1 is 1.05 bits per heavy atom. The molecule has 0 fully saturated rings. The normalized spacial score (nSPS) is 10.4. The fraction of sp³-hybridized carbons (Fsp3) is 0.625. The average molecular weight is 264 g/mol. The lowest BCUT2D eigenvalue weighted by Gasteiger charge is -2.10. The van der Waals surface area contributed by atoms with Crippen LogP contribution in [0.25, 0.3) is 0 Å². The first-order chi connectivity index (χ1) is 9.36. The van der Waals surface area contributed by atoms with E-state index in [0.717, 1.165) is 44.1 Å². The number of hydrogen-bond donors (Lipinski definition) is 2. The van der Waals surface area contributed by atoms with Crippen molar-refractivity contribution in [2.75, 3.05) is 31.6 Å². The molecular formula is C16H28N2O. The molecule has 0 saturated heterocycles. The van der Waals surface area contributed by atoms with Gasteiger partial charge in [-0.05, 0) is 25.1 Å². The molecule has 1 rings (SSSR count). The Kier molecular flexibility index (Phi) is 8.90. The highest BCUT2D eigenvalue weighted by atomic mass is 16.5. The van der Waals surface area contributed by atoms with E-state index in [1.165, 1.54) is 19.3 Å². The van der Waals surface area contributed by atoms with Gasteiger partial charge in [-0.25, -0.2) is 0 Å². The van der Waals surface area contributed by atoms with Crippen molar-refractivity contribution < 1.29 is 4.74 Å². The van der Waals surface area contributed by atoms with Gasteiger partial charge in [0.1, 0.15) is 5.75 Å². The molecule has 1 aromatic rings. The van der Waals surface area contributed by atoms with Crippen molar-refractivity contribution >= 4 is 5.69 Å². The molecule has 0 amide bonds. The SMILES string of the molecule is CCCCCCOc1cccc(NCCNCC)c1. The first-order valence-corrected chi connectivity index (χ1v) is 7.54. The molecule has 19 heavy (non-hydrogen) atoms. The molecule has 0 heterocycles. The molecule has 3 nitrogen and oxygen atoms in total. The Morgan fingerprint density at radius 2 is 1.95 bits per heavy atom. The Morgan fingerprint density at radius 3 is 2.74 bits per heavy atom. The highest BCUT2D eigenvalue weighted by Gasteiger charge is 1.96. The van der Waals surface area contributed by atoms with Crippen molar-refractivity contribution in [2.24, 2.45) is 0 Å². The Balaban J connectivity index is 2.23. The van der Waals surface area contributed by atoms with Crippen molar-refractivity contribution in [1.29, 1.82) is 0 Å². The predicted molar refractivity (Wildman–Crippen MR) is 83.1 cm³/mol. The first kappa shape index (κ1) is 15.8. The van der Waals surface area contributed by atoms with Gasteiger partial charge in [0.25, 0.3) is 0 Å². The van der Waals surface area contributed by atoms with Crippen LogP contribution in [0.15, 0.2) is 24.3 Å². The summed E-state index contributed by atoms with van der Waals surface area (Å²) in [4.78, 5) is 0. The van der Waals surface area contributed by atoms with Crippen molar-refractivity contribution in [1.82, 2.24) is 5.32 Å². The van der Waals surface area contributed by atoms with Crippen LogP contribution in [0.5, 0.6) is 5.75 Å². The molecule has 2 N–H and O–H groups in total. The topological polar surface area (TPSA) is 33.3 Å². The van der Waals surface area contributed by atoms with Crippen molar-refractivity contribution in [3.05, 3.63) is 24.3 Å². The van der Waals surface area contributed by atoms with Gasteiger partial charge in [-0.2, -0.15) is 0 Å². The fourth-order valence-electron chi connectivity index (χ4n) is 1.89. The smallest absolute Gasteiger partial charge is 0.121 e. The standard InChI is InChI=1S/C16H28N2O/c1-3-5-6-7-13-19-16-10-8-9-15(14-16)18-12-11-17-4-2/h8-10,14,17-18H,3-7,11-13H2,1-2H3. The summed E-state index contributed by atoms with van der Waals surface area (Å²) in [6.07, 6.45) is 4.98. The van der Waals surface area contributed by atoms with Crippen LogP contribution in [-0.2, 0) is 0 Å². The monoisotopic (exact) mass is 264 g/mol. The van der Waals surface area contributed by atoms with E-state index in [0.29, 0.717) is 0 Å². The van der Waals surface area contributed by atoms with E-state index in [4.69, 9.17) is 4.74 Å². The van der Waals surface area contributed by atoms with Gasteiger partial charge in [-0.15, -0.1) is 0 Å². The average Bonchev–Trinajstić information content (AvgIpc) is 2.44. The van der Waals surface area contributed by atoms with E-state index < -0.39 is 0 Å². The summed E-state index contributed by atoms with van der Waals surface area (Å²) >= 11 is 0. The zero-order valence-corrected chi connectivity index (χ0v) is 12.4. The number of nitrogens with one attached hydrogen (secondary N) is 2. The van der Waals surface area contributed by atoms with Crippen LogP contribution in [-0.4, -0.2) is 26.2 Å². The molecule has 3 heteroatoms. The van der Waals surface area contributed by atoms with Crippen LogP contribution in [0.3, 0.4) is 0 Å². The Hall–Kier alpha value is -1.22. The van der Waals surface area contributed by atoms with Crippen molar-refractivity contribution in [3.63, 3.8) is 0 Å². The second-order valence-corrected chi connectivity index (χ2v) is 4.72. The summed E-state index contributed by atoms with van der Waals surface area (Å²) in [7, 11) is 0. The quantitative estimate of drug-likeness (QED) is 0.598. The number of anilines is 1. The number of likely N-dealkylation sites (N-methyl/N-ethyl adjacent to an activating group) is 1. The minimum atomic E-state index is 0.820. The van der Waals surface area contributed by atoms with Gasteiger partial charge in [0.05, 0.1) is 6.61 Å². The maximum atomic E-state index is 5.77. The molecule has 0 aliphatic heterocycles. The van der Waals surface area contributed by atoms with Crippen LogP contribution >= 0.6 is 0 Å². The molecule has 0 saturated carbocycles. The van der Waals surface area contributed by atoms with E-state index >= 15 is 0 Å². The summed E-state index contributed by atoms with van der Waals surface area (Å²) in [6.45, 7) is 8.10. The Bertz CT molecular complexity index is 328. The largest absolute Gasteiger partial charge is 0.494 e. The molecule has 0 aliphatic carbocycles. The minimum Gasteiger partial charge on any atom is -0.494 e. The number of hydrogen-bond acceptors (Lipinski definition) is 3. The molecule has 0 atom stereocenters. The summed E-state index contributed by atoms with van der Waals surface area (Å²) in [5.41, 5.74) is 1.13. The summed E-state index contributed by atoms with van der Waals surface area (Å²) in [6, 6.07) is 8.22. The number of ether oxygens (including phenoxy) is 1. The van der Waals surface area contributed by atoms with Crippen molar-refractivity contribution in [3.8, 4) is 5.75 Å². The third kappa shape index (κ3) is 7.73. The molecule has 0 aromatic heterocycles. The fourth-order valence-corrected chi connectivity index (χ4v) is 1.89. The molecule has 0 bridgehead atoms. The lowest BCUT2D eigenvalue weighted by atomic mass is 10.2. The lowest BCUT2D eigenvalue weighted by Crippen LogP contribution is -2.21. The highest BCUT2D eigenvalue weighted by molar-refractivity contribution is 5.48. The van der Waals surface area contributed by atoms with E-state index in [1.807, 2.05) is 12.1 Å². The van der Waals surface area contributed by atoms with Crippen LogP contribution in [0, 0.1) is 0 Å². The zero-order chi connectivity index (χ0) is 13.8. The maximum absolute atomic E-state index is 5.77. The third-order valence-corrected chi connectivity index (χ3v) is 2.98. The predicted octanol–water partition coefficient (Wildman–Crippen LogP) is 3.67. The molecule has 0 unspecified atom stereocenters. The van der Waals surface area contributed by atoms with Gasteiger partial charge in [0, 0.05) is 24.8 Å². The van der Waals surface area contributed by atoms with Crippen LogP contribution in [0.1, 0.15) is 39.5 Å². The van der Waals surface area contributed by atoms with Gasteiger partial charge in [0.15, 0.2) is 0 Å². The molecule has 0 aliphatic rings. The second-order valence-electron chi connectivity index (χ2n) is 4.72. The van der Waals surface area contributed by atoms with E-state index in [9.17, 15) is 0 Å². The zero-order valence-electron chi connectivity index (χ0n) is 12.4. The second kappa shape index (κ2) is 10.7. The van der Waals surface area contributed by atoms with Crippen molar-refractivity contribution in [2.45, 2.75) is 39.5 Å². The van der Waals surface area contributed by atoms with Gasteiger partial charge in [-0.1, -0.05) is 39.2 Å². The van der Waals surface area contributed by atoms with Gasteiger partial charge in [-0.3, -0.25) is 0 Å². The third-order valence-electron chi connectivity index (χ3n) is 2.98. The lowest BCUT2D eigenvalue weighted by molar-refractivity contribution is 0.305. The summed E-state index contributed by atoms with van der Waals surface area (Å²) in [5, 5.41) is 6.68. The van der Waals surface area contributed by atoms with Gasteiger partial charge in [0.2, 0.25) is 0 Å². The molecule has 0 spiro atoms. The summed E-state index contributed by atoms with van der Waals surface area (Å²) < 4.78 is 5.77. The van der Waals surface area contributed by atoms with Crippen LogP contribution in [0.4, 0.5) is 5.69 Å². The van der Waals surface area contributed by atoms with E-state index in [2.05, 4.69) is 36.6 Å². The summed E-state index contributed by atoms with van der Waals surface area (Å²) in [5.74, 6) is 0.963. The number of benzene rings is 1. The van der Waals surface area contributed by atoms with E-state index in [1.54, 1.807) is 0 Å². The Labute approximate surface area is 117 Å². The molecule has 108 valence electrons. The number of unbranched alkanes of at least 4 members (excludes halogenated alkanes) is 3. The van der Waals surface area contributed by atoms with Crippen LogP contribution < -0.4 is 15.4 Å². The van der Waals surface area contributed by atoms with Gasteiger partial charge < -0.3 is 15.4 Å². The highest BCUT2D eigenvalue weighted by Crippen LogP contribution is 2.17. The van der Waals surface area contributed by atoms with Crippen LogP contribution in [0.2, 0.25) is 0 Å². The minimum absolute atomic E-state index is 0.820. The number of rotatable bonds is 11. The van der Waals surface area contributed by atoms with E-state index in [-0.39, 0.29) is 0 Å². The maximum Gasteiger partial charge on any atom is 0.121 e. The first-order valence-electron chi connectivity index (χ1n) is 7.54. The van der Waals surface area contributed by atoms with Gasteiger partial charge >= 0.3 is 0 Å². The molecule has 0 radical (unpaired) electrons.